The van der Waals surface area contributed by atoms with Gasteiger partial charge in [0.2, 0.25) is 5.88 Å². The van der Waals surface area contributed by atoms with Crippen molar-refractivity contribution in [3.05, 3.63) is 54.0 Å². The number of amides is 2. The molecule has 6 nitrogen and oxygen atoms in total. The van der Waals surface area contributed by atoms with Gasteiger partial charge in [-0.2, -0.15) is 0 Å². The number of nitrogens with one attached hydrogen (secondary N) is 1. The molecule has 1 aliphatic rings. The summed E-state index contributed by atoms with van der Waals surface area (Å²) in [6.45, 7) is 5.43. The Balaban J connectivity index is 1.52. The normalized spacial score (nSPS) is 19.9. The molecule has 0 aliphatic carbocycles. The number of halogens is 1. The fourth-order valence-corrected chi connectivity index (χ4v) is 2.86. The Labute approximate surface area is 151 Å². The standard InChI is InChI=1S/C19H22FN3O3/c1-13-11-23(12-14(2)25-13)19(24)22-10-15-6-7-18(21-9-15)26-17-5-3-4-16(20)8-17/h3-9,13-14H,10-12H2,1-2H3,(H,22,24). The lowest BCUT2D eigenvalue weighted by molar-refractivity contribution is -0.0545. The van der Waals surface area contributed by atoms with Crippen molar-refractivity contribution in [3.8, 4) is 11.6 Å². The molecular weight excluding hydrogens is 337 g/mol. The smallest absolute Gasteiger partial charge is 0.317 e. The van der Waals surface area contributed by atoms with Gasteiger partial charge >= 0.3 is 6.03 Å². The molecule has 2 aromatic rings. The number of carbonyl (C=O) groups is 1. The minimum atomic E-state index is -0.367. The Morgan fingerprint density at radius 1 is 1.31 bits per heavy atom. The lowest BCUT2D eigenvalue weighted by Gasteiger charge is -2.35. The zero-order valence-electron chi connectivity index (χ0n) is 14.8. The lowest BCUT2D eigenvalue weighted by Crippen LogP contribution is -2.51. The first-order valence-corrected chi connectivity index (χ1v) is 8.56. The third-order valence-corrected chi connectivity index (χ3v) is 3.97. The summed E-state index contributed by atoms with van der Waals surface area (Å²) < 4.78 is 24.3. The molecule has 138 valence electrons. The Morgan fingerprint density at radius 3 is 2.73 bits per heavy atom. The number of hydrogen-bond donors (Lipinski definition) is 1. The summed E-state index contributed by atoms with van der Waals surface area (Å²) in [5, 5.41) is 2.89. The van der Waals surface area contributed by atoms with Crippen molar-refractivity contribution in [3.63, 3.8) is 0 Å². The van der Waals surface area contributed by atoms with Crippen molar-refractivity contribution in [2.45, 2.75) is 32.6 Å². The maximum Gasteiger partial charge on any atom is 0.317 e. The van der Waals surface area contributed by atoms with Crippen LogP contribution in [0.4, 0.5) is 9.18 Å². The minimum Gasteiger partial charge on any atom is -0.439 e. The summed E-state index contributed by atoms with van der Waals surface area (Å²) in [6, 6.07) is 9.25. The second kappa shape index (κ2) is 8.14. The average Bonchev–Trinajstić information content (AvgIpc) is 2.60. The van der Waals surface area contributed by atoms with Crippen LogP contribution in [0.25, 0.3) is 0 Å². The number of aromatic nitrogens is 1. The first kappa shape index (κ1) is 18.1. The summed E-state index contributed by atoms with van der Waals surface area (Å²) in [4.78, 5) is 18.2. The predicted octanol–water partition coefficient (Wildman–Crippen LogP) is 3.33. The number of rotatable bonds is 4. The van der Waals surface area contributed by atoms with Crippen LogP contribution in [0.1, 0.15) is 19.4 Å². The number of benzene rings is 1. The molecule has 0 spiro atoms. The Hall–Kier alpha value is -2.67. The largest absolute Gasteiger partial charge is 0.439 e. The molecule has 1 N–H and O–H groups in total. The van der Waals surface area contributed by atoms with Gasteiger partial charge in [0.25, 0.3) is 0 Å². The van der Waals surface area contributed by atoms with Crippen LogP contribution in [-0.2, 0) is 11.3 Å². The highest BCUT2D eigenvalue weighted by atomic mass is 19.1. The van der Waals surface area contributed by atoms with Gasteiger partial charge in [-0.3, -0.25) is 0 Å². The number of hydrogen-bond acceptors (Lipinski definition) is 4. The Morgan fingerprint density at radius 2 is 2.08 bits per heavy atom. The van der Waals surface area contributed by atoms with Crippen LogP contribution >= 0.6 is 0 Å². The van der Waals surface area contributed by atoms with Crippen molar-refractivity contribution in [1.29, 1.82) is 0 Å². The van der Waals surface area contributed by atoms with E-state index in [1.165, 1.54) is 12.1 Å². The molecule has 2 amide bonds. The van der Waals surface area contributed by atoms with Crippen molar-refractivity contribution in [1.82, 2.24) is 15.2 Å². The van der Waals surface area contributed by atoms with Crippen LogP contribution in [0, 0.1) is 5.82 Å². The summed E-state index contributed by atoms with van der Waals surface area (Å²) in [6.07, 6.45) is 1.69. The van der Waals surface area contributed by atoms with Crippen molar-refractivity contribution < 1.29 is 18.7 Å². The van der Waals surface area contributed by atoms with Gasteiger partial charge in [-0.05, 0) is 31.5 Å². The molecular formula is C19H22FN3O3. The van der Waals surface area contributed by atoms with Crippen LogP contribution in [-0.4, -0.2) is 41.2 Å². The molecule has 0 bridgehead atoms. The summed E-state index contributed by atoms with van der Waals surface area (Å²) >= 11 is 0. The molecule has 1 saturated heterocycles. The van der Waals surface area contributed by atoms with Crippen molar-refractivity contribution >= 4 is 6.03 Å². The topological polar surface area (TPSA) is 63.7 Å². The lowest BCUT2D eigenvalue weighted by atomic mass is 10.2. The Kier molecular flexibility index (Phi) is 5.68. The van der Waals surface area contributed by atoms with E-state index in [9.17, 15) is 9.18 Å². The van der Waals surface area contributed by atoms with E-state index in [0.29, 0.717) is 31.3 Å². The second-order valence-corrected chi connectivity index (χ2v) is 6.39. The third kappa shape index (κ3) is 4.92. The minimum absolute atomic E-state index is 0.0328. The van der Waals surface area contributed by atoms with Gasteiger partial charge in [-0.25, -0.2) is 14.2 Å². The molecule has 1 aromatic carbocycles. The first-order valence-electron chi connectivity index (χ1n) is 8.56. The van der Waals surface area contributed by atoms with E-state index in [1.54, 1.807) is 29.3 Å². The number of pyridine rings is 1. The molecule has 26 heavy (non-hydrogen) atoms. The van der Waals surface area contributed by atoms with Crippen LogP contribution in [0.2, 0.25) is 0 Å². The SMILES string of the molecule is CC1CN(C(=O)NCc2ccc(Oc3cccc(F)c3)nc2)CC(C)O1. The molecule has 2 unspecified atom stereocenters. The van der Waals surface area contributed by atoms with Crippen LogP contribution < -0.4 is 10.1 Å². The quantitative estimate of drug-likeness (QED) is 0.909. The molecule has 1 fully saturated rings. The van der Waals surface area contributed by atoms with E-state index in [-0.39, 0.29) is 24.1 Å². The monoisotopic (exact) mass is 359 g/mol. The summed E-state index contributed by atoms with van der Waals surface area (Å²) in [5.74, 6) is 0.379. The van der Waals surface area contributed by atoms with Gasteiger partial charge in [-0.15, -0.1) is 0 Å². The summed E-state index contributed by atoms with van der Waals surface area (Å²) in [5.41, 5.74) is 0.847. The molecule has 2 atom stereocenters. The van der Waals surface area contributed by atoms with Crippen molar-refractivity contribution in [2.75, 3.05) is 13.1 Å². The maximum absolute atomic E-state index is 13.2. The second-order valence-electron chi connectivity index (χ2n) is 6.39. The van der Waals surface area contributed by atoms with Gasteiger partial charge in [0.05, 0.1) is 12.2 Å². The molecule has 3 rings (SSSR count). The van der Waals surface area contributed by atoms with Crippen LogP contribution in [0.15, 0.2) is 42.6 Å². The highest BCUT2D eigenvalue weighted by molar-refractivity contribution is 5.74. The molecule has 1 aromatic heterocycles. The zero-order valence-corrected chi connectivity index (χ0v) is 14.8. The van der Waals surface area contributed by atoms with E-state index >= 15 is 0 Å². The van der Waals surface area contributed by atoms with E-state index in [2.05, 4.69) is 10.3 Å². The number of ether oxygens (including phenoxy) is 2. The molecule has 2 heterocycles. The van der Waals surface area contributed by atoms with E-state index in [0.717, 1.165) is 5.56 Å². The van der Waals surface area contributed by atoms with Gasteiger partial charge in [-0.1, -0.05) is 12.1 Å². The zero-order chi connectivity index (χ0) is 18.5. The van der Waals surface area contributed by atoms with Crippen LogP contribution in [0.3, 0.4) is 0 Å². The van der Waals surface area contributed by atoms with Crippen molar-refractivity contribution in [2.24, 2.45) is 0 Å². The highest BCUT2D eigenvalue weighted by Crippen LogP contribution is 2.20. The van der Waals surface area contributed by atoms with Gasteiger partial charge in [0.15, 0.2) is 0 Å². The molecule has 1 aliphatic heterocycles. The fraction of sp³-hybridized carbons (Fsp3) is 0.368. The highest BCUT2D eigenvalue weighted by Gasteiger charge is 2.25. The van der Waals surface area contributed by atoms with E-state index in [1.807, 2.05) is 19.9 Å². The number of urea groups is 1. The number of carbonyl (C=O) groups excluding carboxylic acids is 1. The molecule has 0 saturated carbocycles. The summed E-state index contributed by atoms with van der Waals surface area (Å²) in [7, 11) is 0. The third-order valence-electron chi connectivity index (χ3n) is 3.97. The fourth-order valence-electron chi connectivity index (χ4n) is 2.86. The number of nitrogens with zero attached hydrogens (tertiary/aromatic N) is 2. The number of morpholine rings is 1. The van der Waals surface area contributed by atoms with E-state index < -0.39 is 0 Å². The molecule has 7 heteroatoms. The van der Waals surface area contributed by atoms with Crippen LogP contribution in [0.5, 0.6) is 11.6 Å². The predicted molar refractivity (Wildman–Crippen MR) is 94.5 cm³/mol. The van der Waals surface area contributed by atoms with Gasteiger partial charge in [0, 0.05) is 38.0 Å². The van der Waals surface area contributed by atoms with E-state index in [4.69, 9.17) is 9.47 Å². The van der Waals surface area contributed by atoms with Gasteiger partial charge in [0.1, 0.15) is 11.6 Å². The first-order chi connectivity index (χ1) is 12.5. The average molecular weight is 359 g/mol. The Bertz CT molecular complexity index is 744. The molecule has 0 radical (unpaired) electrons. The maximum atomic E-state index is 13.2. The van der Waals surface area contributed by atoms with Gasteiger partial charge < -0.3 is 19.7 Å².